The maximum absolute atomic E-state index is 6.24. The Morgan fingerprint density at radius 1 is 1.50 bits per heavy atom. The van der Waals surface area contributed by atoms with E-state index in [2.05, 4.69) is 40.8 Å². The second-order valence-corrected chi connectivity index (χ2v) is 5.51. The van der Waals surface area contributed by atoms with Gasteiger partial charge in [-0.1, -0.05) is 0 Å². The fourth-order valence-electron chi connectivity index (χ4n) is 2.15. The Morgan fingerprint density at radius 2 is 2.14 bits per heavy atom. The molecule has 1 saturated carbocycles. The smallest absolute Gasteiger partial charge is 0.0413 e. The molecular weight excluding hydrogens is 240 g/mol. The zero-order chi connectivity index (χ0) is 10.4. The van der Waals surface area contributed by atoms with Crippen molar-refractivity contribution >= 4 is 15.9 Å². The fourth-order valence-corrected chi connectivity index (χ4v) is 2.78. The third-order valence-corrected chi connectivity index (χ3v) is 3.90. The molecule has 1 aliphatic rings. The predicted molar refractivity (Wildman–Crippen MR) is 61.1 cm³/mol. The number of aromatic nitrogens is 1. The summed E-state index contributed by atoms with van der Waals surface area (Å²) >= 11 is 3.55. The largest absolute Gasteiger partial charge is 0.325 e. The lowest BCUT2D eigenvalue weighted by molar-refractivity contribution is 0.390. The van der Waals surface area contributed by atoms with Crippen LogP contribution in [-0.4, -0.2) is 10.5 Å². The lowest BCUT2D eigenvalue weighted by atomic mass is 9.80. The molecular formula is C11H15BrN2. The van der Waals surface area contributed by atoms with E-state index < -0.39 is 0 Å². The number of nitrogens with zero attached hydrogens (tertiary/aromatic N) is 1. The zero-order valence-electron chi connectivity index (χ0n) is 8.55. The van der Waals surface area contributed by atoms with Crippen molar-refractivity contribution in [2.24, 2.45) is 5.73 Å². The van der Waals surface area contributed by atoms with Crippen LogP contribution >= 0.6 is 15.9 Å². The van der Waals surface area contributed by atoms with Crippen LogP contribution in [0, 0.1) is 0 Å². The minimum Gasteiger partial charge on any atom is -0.325 e. The van der Waals surface area contributed by atoms with Crippen LogP contribution < -0.4 is 5.73 Å². The molecule has 1 heterocycles. The number of rotatable bonds is 2. The average Bonchev–Trinajstić information content (AvgIpc) is 2.84. The maximum Gasteiger partial charge on any atom is 0.0413 e. The van der Waals surface area contributed by atoms with E-state index in [1.54, 1.807) is 0 Å². The first kappa shape index (κ1) is 10.1. The molecule has 2 N–H and O–H groups in total. The predicted octanol–water partition coefficient (Wildman–Crippen LogP) is 2.61. The van der Waals surface area contributed by atoms with Gasteiger partial charge in [-0.25, -0.2) is 0 Å². The topological polar surface area (TPSA) is 38.9 Å². The zero-order valence-corrected chi connectivity index (χ0v) is 10.1. The lowest BCUT2D eigenvalue weighted by Gasteiger charge is -2.31. The molecule has 3 heteroatoms. The highest BCUT2D eigenvalue weighted by Crippen LogP contribution is 2.56. The molecule has 0 unspecified atom stereocenters. The van der Waals surface area contributed by atoms with Crippen LogP contribution in [0.15, 0.2) is 22.9 Å². The second-order valence-electron chi connectivity index (χ2n) is 4.66. The molecule has 0 aromatic carbocycles. The maximum atomic E-state index is 6.24. The summed E-state index contributed by atoms with van der Waals surface area (Å²) in [6.07, 6.45) is 6.05. The second kappa shape index (κ2) is 3.04. The molecule has 76 valence electrons. The van der Waals surface area contributed by atoms with Crippen molar-refractivity contribution in [3.05, 3.63) is 28.5 Å². The van der Waals surface area contributed by atoms with Gasteiger partial charge in [0.2, 0.25) is 0 Å². The number of halogens is 1. The Morgan fingerprint density at radius 3 is 2.57 bits per heavy atom. The Labute approximate surface area is 93.0 Å². The first-order valence-corrected chi connectivity index (χ1v) is 5.65. The summed E-state index contributed by atoms with van der Waals surface area (Å²) in [5.74, 6) is 0. The first-order valence-electron chi connectivity index (χ1n) is 4.86. The molecule has 0 radical (unpaired) electrons. The molecule has 1 aromatic rings. The highest BCUT2D eigenvalue weighted by Gasteiger charge is 2.54. The summed E-state index contributed by atoms with van der Waals surface area (Å²) in [5.41, 5.74) is 7.55. The summed E-state index contributed by atoms with van der Waals surface area (Å²) in [5, 5.41) is 0. The number of pyridine rings is 1. The average molecular weight is 255 g/mol. The molecule has 0 aliphatic heterocycles. The number of hydrogen-bond donors (Lipinski definition) is 1. The molecule has 0 atom stereocenters. The molecule has 1 aliphatic carbocycles. The van der Waals surface area contributed by atoms with Gasteiger partial charge >= 0.3 is 0 Å². The van der Waals surface area contributed by atoms with Crippen molar-refractivity contribution < 1.29 is 0 Å². The highest BCUT2D eigenvalue weighted by molar-refractivity contribution is 9.10. The van der Waals surface area contributed by atoms with Gasteiger partial charge in [0.25, 0.3) is 0 Å². The van der Waals surface area contributed by atoms with Crippen molar-refractivity contribution in [3.8, 4) is 0 Å². The van der Waals surface area contributed by atoms with Crippen LogP contribution in [0.1, 0.15) is 32.3 Å². The Hall–Kier alpha value is -0.410. The van der Waals surface area contributed by atoms with Crippen LogP contribution in [0.2, 0.25) is 0 Å². The standard InChI is InChI=1S/C11H15BrN2/c1-10(2,13)11(4-5-11)8-3-6-14-7-9(8)12/h3,6-7H,4-5,13H2,1-2H3. The van der Waals surface area contributed by atoms with Crippen molar-refractivity contribution in [3.63, 3.8) is 0 Å². The van der Waals surface area contributed by atoms with Gasteiger partial charge in [-0.3, -0.25) is 4.98 Å². The van der Waals surface area contributed by atoms with Gasteiger partial charge < -0.3 is 5.73 Å². The van der Waals surface area contributed by atoms with Crippen molar-refractivity contribution in [2.75, 3.05) is 0 Å². The molecule has 1 fully saturated rings. The van der Waals surface area contributed by atoms with Gasteiger partial charge in [-0.15, -0.1) is 0 Å². The van der Waals surface area contributed by atoms with E-state index in [0.29, 0.717) is 0 Å². The van der Waals surface area contributed by atoms with E-state index in [-0.39, 0.29) is 11.0 Å². The van der Waals surface area contributed by atoms with E-state index in [0.717, 1.165) is 4.47 Å². The van der Waals surface area contributed by atoms with Crippen LogP contribution in [0.25, 0.3) is 0 Å². The Kier molecular flexibility index (Phi) is 2.20. The summed E-state index contributed by atoms with van der Waals surface area (Å²) in [6.45, 7) is 4.21. The third kappa shape index (κ3) is 1.39. The fraction of sp³-hybridized carbons (Fsp3) is 0.545. The van der Waals surface area contributed by atoms with Crippen molar-refractivity contribution in [2.45, 2.75) is 37.6 Å². The number of nitrogens with two attached hydrogens (primary N) is 1. The quantitative estimate of drug-likeness (QED) is 0.882. The summed E-state index contributed by atoms with van der Waals surface area (Å²) in [4.78, 5) is 4.08. The highest BCUT2D eigenvalue weighted by atomic mass is 79.9. The lowest BCUT2D eigenvalue weighted by Crippen LogP contribution is -2.45. The normalized spacial score (nSPS) is 19.4. The van der Waals surface area contributed by atoms with Gasteiger partial charge in [-0.05, 0) is 54.2 Å². The molecule has 2 rings (SSSR count). The third-order valence-electron chi connectivity index (χ3n) is 3.27. The van der Waals surface area contributed by atoms with Gasteiger partial charge in [-0.2, -0.15) is 0 Å². The van der Waals surface area contributed by atoms with Gasteiger partial charge in [0, 0.05) is 27.8 Å². The molecule has 2 nitrogen and oxygen atoms in total. The Bertz CT molecular complexity index is 351. The van der Waals surface area contributed by atoms with Crippen LogP contribution in [0.4, 0.5) is 0 Å². The van der Waals surface area contributed by atoms with E-state index in [1.807, 2.05) is 12.4 Å². The van der Waals surface area contributed by atoms with E-state index in [9.17, 15) is 0 Å². The minimum atomic E-state index is -0.156. The summed E-state index contributed by atoms with van der Waals surface area (Å²) < 4.78 is 1.08. The molecule has 0 saturated heterocycles. The van der Waals surface area contributed by atoms with Crippen LogP contribution in [-0.2, 0) is 5.41 Å². The minimum absolute atomic E-state index is 0.156. The summed E-state index contributed by atoms with van der Waals surface area (Å²) in [6, 6.07) is 2.08. The molecule has 0 spiro atoms. The van der Waals surface area contributed by atoms with Gasteiger partial charge in [0.05, 0.1) is 0 Å². The van der Waals surface area contributed by atoms with Crippen molar-refractivity contribution in [1.29, 1.82) is 0 Å². The van der Waals surface area contributed by atoms with E-state index in [1.165, 1.54) is 18.4 Å². The molecule has 1 aromatic heterocycles. The van der Waals surface area contributed by atoms with Gasteiger partial charge in [0.1, 0.15) is 0 Å². The van der Waals surface area contributed by atoms with E-state index in [4.69, 9.17) is 5.73 Å². The first-order chi connectivity index (χ1) is 6.47. The van der Waals surface area contributed by atoms with E-state index >= 15 is 0 Å². The van der Waals surface area contributed by atoms with Crippen LogP contribution in [0.5, 0.6) is 0 Å². The molecule has 14 heavy (non-hydrogen) atoms. The van der Waals surface area contributed by atoms with Gasteiger partial charge in [0.15, 0.2) is 0 Å². The summed E-state index contributed by atoms with van der Waals surface area (Å²) in [7, 11) is 0. The van der Waals surface area contributed by atoms with Crippen LogP contribution in [0.3, 0.4) is 0 Å². The number of hydrogen-bond acceptors (Lipinski definition) is 2. The Balaban J connectivity index is 2.46. The molecule has 0 amide bonds. The monoisotopic (exact) mass is 254 g/mol. The van der Waals surface area contributed by atoms with Crippen molar-refractivity contribution in [1.82, 2.24) is 4.98 Å². The molecule has 0 bridgehead atoms. The SMILES string of the molecule is CC(C)(N)C1(c2ccncc2Br)CC1.